The number of guanidine groups is 2. The van der Waals surface area contributed by atoms with Crippen LogP contribution in [0, 0.1) is 10.8 Å². The molecule has 0 saturated carbocycles. The summed E-state index contributed by atoms with van der Waals surface area (Å²) in [5, 5.41) is 24.7. The van der Waals surface area contributed by atoms with Gasteiger partial charge in [-0.1, -0.05) is 30.3 Å². The average molecular weight is 553 g/mol. The third-order valence-corrected chi connectivity index (χ3v) is 4.86. The Bertz CT molecular complexity index is 1290. The Labute approximate surface area is 233 Å². The van der Waals surface area contributed by atoms with Crippen molar-refractivity contribution in [3.05, 3.63) is 70.8 Å². The highest BCUT2D eigenvalue weighted by molar-refractivity contribution is 6.09. The number of benzene rings is 2. The summed E-state index contributed by atoms with van der Waals surface area (Å²) in [6.07, 6.45) is -0.791. The number of alkyl carbamates (subject to hydrolysis) is 2. The summed E-state index contributed by atoms with van der Waals surface area (Å²) in [6, 6.07) is 13.6. The predicted molar refractivity (Wildman–Crippen MR) is 149 cm³/mol. The molecule has 0 saturated heterocycles. The molecule has 12 heteroatoms. The van der Waals surface area contributed by atoms with E-state index < -0.39 is 47.1 Å². The molecule has 0 spiro atoms. The number of carbonyl (C=O) groups excluding carboxylic acids is 4. The molecule has 0 aliphatic heterocycles. The first kappa shape index (κ1) is 31.5. The number of carbonyl (C=O) groups is 4. The molecule has 0 fully saturated rings. The van der Waals surface area contributed by atoms with Gasteiger partial charge in [-0.3, -0.25) is 41.7 Å². The lowest BCUT2D eigenvalue weighted by atomic mass is 9.98. The number of rotatable bonds is 5. The summed E-state index contributed by atoms with van der Waals surface area (Å²) in [5.74, 6) is -2.18. The molecule has 0 bridgehead atoms. The van der Waals surface area contributed by atoms with Gasteiger partial charge in [0.2, 0.25) is 11.9 Å². The van der Waals surface area contributed by atoms with Crippen LogP contribution in [-0.2, 0) is 22.3 Å². The van der Waals surface area contributed by atoms with E-state index in [1.807, 2.05) is 6.07 Å². The molecule has 2 aromatic carbocycles. The maximum Gasteiger partial charge on any atom is 0.414 e. The van der Waals surface area contributed by atoms with E-state index in [4.69, 9.17) is 20.3 Å². The minimum absolute atomic E-state index is 0.279. The number of ether oxygens (including phenoxy) is 2. The van der Waals surface area contributed by atoms with E-state index in [2.05, 4.69) is 21.3 Å². The van der Waals surface area contributed by atoms with Crippen molar-refractivity contribution in [3.63, 3.8) is 0 Å². The lowest BCUT2D eigenvalue weighted by molar-refractivity contribution is 0.0548. The molecule has 6 N–H and O–H groups in total. The van der Waals surface area contributed by atoms with E-state index in [-0.39, 0.29) is 5.56 Å². The molecule has 214 valence electrons. The van der Waals surface area contributed by atoms with Crippen LogP contribution in [0.3, 0.4) is 0 Å². The van der Waals surface area contributed by atoms with Gasteiger partial charge in [0.1, 0.15) is 11.2 Å². The largest absolute Gasteiger partial charge is 0.444 e. The molecule has 2 rings (SSSR count). The van der Waals surface area contributed by atoms with E-state index in [9.17, 15) is 19.2 Å². The Morgan fingerprint density at radius 1 is 0.675 bits per heavy atom. The van der Waals surface area contributed by atoms with E-state index in [1.54, 1.807) is 84.0 Å². The van der Waals surface area contributed by atoms with Crippen molar-refractivity contribution >= 4 is 35.9 Å². The lowest BCUT2D eigenvalue weighted by Crippen LogP contribution is -2.45. The summed E-state index contributed by atoms with van der Waals surface area (Å²) in [4.78, 5) is 49.0. The summed E-state index contributed by atoms with van der Waals surface area (Å²) in [5.41, 5.74) is 0.602. The van der Waals surface area contributed by atoms with Crippen molar-refractivity contribution < 1.29 is 28.7 Å². The van der Waals surface area contributed by atoms with Crippen molar-refractivity contribution in [3.8, 4) is 0 Å². The van der Waals surface area contributed by atoms with Gasteiger partial charge in [-0.15, -0.1) is 0 Å². The molecule has 0 aliphatic rings. The minimum atomic E-state index is -0.856. The Balaban J connectivity index is 1.99. The molecule has 0 aliphatic carbocycles. The molecule has 40 heavy (non-hydrogen) atoms. The van der Waals surface area contributed by atoms with Gasteiger partial charge in [-0.2, -0.15) is 0 Å². The molecular formula is C28H36N6O6. The van der Waals surface area contributed by atoms with Crippen LogP contribution in [0.5, 0.6) is 0 Å². The molecule has 0 heterocycles. The third-order valence-electron chi connectivity index (χ3n) is 4.86. The first-order chi connectivity index (χ1) is 18.5. The highest BCUT2D eigenvalue weighted by Gasteiger charge is 2.20. The number of hydrogen-bond donors (Lipinski definition) is 6. The van der Waals surface area contributed by atoms with Gasteiger partial charge in [0.05, 0.1) is 0 Å². The summed E-state index contributed by atoms with van der Waals surface area (Å²) < 4.78 is 10.1. The van der Waals surface area contributed by atoms with E-state index in [0.717, 1.165) is 5.56 Å². The van der Waals surface area contributed by atoms with Gasteiger partial charge >= 0.3 is 12.2 Å². The topological polar surface area (TPSA) is 183 Å². The molecule has 2 aromatic rings. The fraction of sp³-hybridized carbons (Fsp3) is 0.357. The van der Waals surface area contributed by atoms with E-state index in [0.29, 0.717) is 24.0 Å². The van der Waals surface area contributed by atoms with Gasteiger partial charge in [-0.05, 0) is 83.7 Å². The molecule has 0 aromatic heterocycles. The fourth-order valence-electron chi connectivity index (χ4n) is 3.35. The first-order valence-corrected chi connectivity index (χ1v) is 12.5. The van der Waals surface area contributed by atoms with Crippen LogP contribution in [0.25, 0.3) is 0 Å². The minimum Gasteiger partial charge on any atom is -0.444 e. The van der Waals surface area contributed by atoms with Crippen molar-refractivity contribution in [1.82, 2.24) is 21.3 Å². The number of aryl methyl sites for hydroxylation is 2. The molecular weight excluding hydrogens is 516 g/mol. The summed E-state index contributed by atoms with van der Waals surface area (Å²) >= 11 is 0. The molecule has 0 radical (unpaired) electrons. The van der Waals surface area contributed by atoms with Crippen molar-refractivity contribution in [1.29, 1.82) is 10.8 Å². The quantitative estimate of drug-likeness (QED) is 0.242. The molecule has 0 atom stereocenters. The monoisotopic (exact) mass is 552 g/mol. The second-order valence-corrected chi connectivity index (χ2v) is 10.8. The van der Waals surface area contributed by atoms with Crippen LogP contribution in [0.1, 0.15) is 73.4 Å². The Hall–Kier alpha value is -4.74. The lowest BCUT2D eigenvalue weighted by Gasteiger charge is -2.20. The highest BCUT2D eigenvalue weighted by Crippen LogP contribution is 2.14. The van der Waals surface area contributed by atoms with Gasteiger partial charge in [-0.25, -0.2) is 9.59 Å². The van der Waals surface area contributed by atoms with Gasteiger partial charge < -0.3 is 9.47 Å². The maximum atomic E-state index is 12.8. The van der Waals surface area contributed by atoms with Crippen molar-refractivity contribution in [2.24, 2.45) is 0 Å². The Morgan fingerprint density at radius 3 is 1.75 bits per heavy atom. The van der Waals surface area contributed by atoms with Crippen LogP contribution >= 0.6 is 0 Å². The van der Waals surface area contributed by atoms with Gasteiger partial charge in [0.15, 0.2) is 0 Å². The summed E-state index contributed by atoms with van der Waals surface area (Å²) in [7, 11) is 0. The highest BCUT2D eigenvalue weighted by atomic mass is 16.6. The second kappa shape index (κ2) is 13.4. The van der Waals surface area contributed by atoms with Crippen molar-refractivity contribution in [2.75, 3.05) is 0 Å². The van der Waals surface area contributed by atoms with Crippen LogP contribution in [0.4, 0.5) is 9.59 Å². The van der Waals surface area contributed by atoms with Gasteiger partial charge in [0.25, 0.3) is 11.8 Å². The number of amides is 4. The number of hydrogen-bond acceptors (Lipinski definition) is 8. The Morgan fingerprint density at radius 2 is 1.20 bits per heavy atom. The van der Waals surface area contributed by atoms with Crippen LogP contribution in [0.15, 0.2) is 48.5 Å². The zero-order chi connectivity index (χ0) is 30.1. The zero-order valence-corrected chi connectivity index (χ0v) is 23.5. The average Bonchev–Trinajstić information content (AvgIpc) is 2.80. The van der Waals surface area contributed by atoms with Crippen LogP contribution in [-0.4, -0.2) is 47.1 Å². The number of nitrogens with one attached hydrogen (secondary N) is 6. The SMILES string of the molecule is CC(C)(C)OC(=O)NC(=N)NC(=O)c1cccc(CCc2ccccc2C(=O)NC(=N)NC(=O)OC(C)(C)C)c1. The van der Waals surface area contributed by atoms with Crippen molar-refractivity contribution in [2.45, 2.75) is 65.6 Å². The fourth-order valence-corrected chi connectivity index (χ4v) is 3.35. The molecule has 0 unspecified atom stereocenters. The van der Waals surface area contributed by atoms with Gasteiger partial charge in [0, 0.05) is 11.1 Å². The second-order valence-electron chi connectivity index (χ2n) is 10.8. The molecule has 4 amide bonds. The standard InChI is InChI=1S/C28H36N6O6/c1-27(2,3)39-25(37)33-23(29)31-21(35)19-12-9-10-17(16-19)14-15-18-11-7-8-13-20(18)22(36)32-24(30)34-26(38)40-28(4,5)6/h7-13,16H,14-15H2,1-6H3,(H3,29,31,33,35,37)(H3,30,32,34,36,38). The Kier molecular flexibility index (Phi) is 10.5. The van der Waals surface area contributed by atoms with Crippen LogP contribution in [0.2, 0.25) is 0 Å². The maximum absolute atomic E-state index is 12.8. The summed E-state index contributed by atoms with van der Waals surface area (Å²) in [6.45, 7) is 10.1. The van der Waals surface area contributed by atoms with E-state index >= 15 is 0 Å². The molecule has 12 nitrogen and oxygen atoms in total. The predicted octanol–water partition coefficient (Wildman–Crippen LogP) is 3.85. The normalized spacial score (nSPS) is 11.1. The first-order valence-electron chi connectivity index (χ1n) is 12.5. The van der Waals surface area contributed by atoms with E-state index in [1.165, 1.54) is 0 Å². The smallest absolute Gasteiger partial charge is 0.414 e. The van der Waals surface area contributed by atoms with Crippen LogP contribution < -0.4 is 21.3 Å². The third kappa shape index (κ3) is 11.3. The zero-order valence-electron chi connectivity index (χ0n) is 23.5.